The molecule has 3 aromatic rings. The maximum Gasteiger partial charge on any atom is 0.264 e. The van der Waals surface area contributed by atoms with Gasteiger partial charge in [0.05, 0.1) is 12.7 Å². The molecule has 0 radical (unpaired) electrons. The number of nitrogens with one attached hydrogen (secondary N) is 1. The van der Waals surface area contributed by atoms with Gasteiger partial charge in [-0.05, 0) is 25.0 Å². The number of rotatable bonds is 7. The molecule has 0 unspecified atom stereocenters. The van der Waals surface area contributed by atoms with Crippen molar-refractivity contribution in [3.63, 3.8) is 0 Å². The molecule has 3 rings (SSSR count). The zero-order valence-corrected chi connectivity index (χ0v) is 16.8. The fourth-order valence-electron chi connectivity index (χ4n) is 3.06. The van der Waals surface area contributed by atoms with Crippen molar-refractivity contribution in [1.82, 2.24) is 24.2 Å². The Morgan fingerprint density at radius 1 is 1.24 bits per heavy atom. The second-order valence-electron chi connectivity index (χ2n) is 6.86. The third kappa shape index (κ3) is 4.50. The van der Waals surface area contributed by atoms with Gasteiger partial charge in [0.25, 0.3) is 5.56 Å². The average Bonchev–Trinajstić information content (AvgIpc) is 3.07. The molecule has 1 aromatic carbocycles. The predicted molar refractivity (Wildman–Crippen MR) is 109 cm³/mol. The summed E-state index contributed by atoms with van der Waals surface area (Å²) in [5.41, 5.74) is 1.78. The lowest BCUT2D eigenvalue weighted by Crippen LogP contribution is -2.41. The number of para-hydroxylation sites is 1. The van der Waals surface area contributed by atoms with Gasteiger partial charge in [0.2, 0.25) is 11.8 Å². The van der Waals surface area contributed by atoms with Crippen LogP contribution in [-0.4, -0.2) is 49.1 Å². The van der Waals surface area contributed by atoms with Crippen molar-refractivity contribution < 1.29 is 9.59 Å². The maximum absolute atomic E-state index is 12.8. The van der Waals surface area contributed by atoms with Crippen LogP contribution < -0.4 is 10.9 Å². The van der Waals surface area contributed by atoms with Crippen LogP contribution in [0.2, 0.25) is 0 Å². The Labute approximate surface area is 168 Å². The van der Waals surface area contributed by atoms with Crippen LogP contribution in [0, 0.1) is 6.92 Å². The lowest BCUT2D eigenvalue weighted by molar-refractivity contribution is -0.135. The Bertz CT molecular complexity index is 1100. The van der Waals surface area contributed by atoms with Gasteiger partial charge in [-0.15, -0.1) is 0 Å². The summed E-state index contributed by atoms with van der Waals surface area (Å²) in [4.78, 5) is 43.5. The van der Waals surface area contributed by atoms with E-state index in [2.05, 4.69) is 15.4 Å². The monoisotopic (exact) mass is 396 g/mol. The topological polar surface area (TPSA) is 102 Å². The van der Waals surface area contributed by atoms with Crippen LogP contribution in [0.5, 0.6) is 0 Å². The van der Waals surface area contributed by atoms with Gasteiger partial charge in [-0.2, -0.15) is 5.10 Å². The van der Waals surface area contributed by atoms with E-state index in [1.165, 1.54) is 26.7 Å². The van der Waals surface area contributed by atoms with E-state index in [9.17, 15) is 14.4 Å². The molecule has 1 N–H and O–H groups in total. The summed E-state index contributed by atoms with van der Waals surface area (Å²) in [6.45, 7) is 3.97. The fourth-order valence-corrected chi connectivity index (χ4v) is 3.06. The minimum absolute atomic E-state index is 0.0850. The Kier molecular flexibility index (Phi) is 6.06. The van der Waals surface area contributed by atoms with Crippen molar-refractivity contribution in [1.29, 1.82) is 0 Å². The Balaban J connectivity index is 1.72. The Morgan fingerprint density at radius 2 is 2.00 bits per heavy atom. The molecule has 0 saturated carbocycles. The zero-order valence-electron chi connectivity index (χ0n) is 16.8. The smallest absolute Gasteiger partial charge is 0.264 e. The molecule has 152 valence electrons. The lowest BCUT2D eigenvalue weighted by Gasteiger charge is -2.22. The molecule has 0 aliphatic rings. The van der Waals surface area contributed by atoms with Gasteiger partial charge < -0.3 is 10.2 Å². The van der Waals surface area contributed by atoms with Crippen LogP contribution in [0.4, 0.5) is 5.69 Å². The number of fused-ring (bicyclic) bond motifs is 1. The van der Waals surface area contributed by atoms with E-state index < -0.39 is 0 Å². The molecule has 0 spiro atoms. The Hall–Kier alpha value is -3.49. The summed E-state index contributed by atoms with van der Waals surface area (Å²) in [6.07, 6.45) is 3.46. The van der Waals surface area contributed by atoms with Crippen LogP contribution in [0.1, 0.15) is 18.9 Å². The molecule has 2 heterocycles. The van der Waals surface area contributed by atoms with Gasteiger partial charge >= 0.3 is 0 Å². The van der Waals surface area contributed by atoms with Crippen LogP contribution in [0.25, 0.3) is 11.0 Å². The molecule has 0 atom stereocenters. The van der Waals surface area contributed by atoms with Crippen molar-refractivity contribution in [3.8, 4) is 0 Å². The molecule has 29 heavy (non-hydrogen) atoms. The van der Waals surface area contributed by atoms with Crippen LogP contribution >= 0.6 is 0 Å². The largest absolute Gasteiger partial charge is 0.332 e. The number of nitrogens with zero attached hydrogens (tertiary/aromatic N) is 5. The number of amides is 2. The van der Waals surface area contributed by atoms with E-state index in [4.69, 9.17) is 0 Å². The predicted octanol–water partition coefficient (Wildman–Crippen LogP) is 1.32. The number of benzene rings is 1. The summed E-state index contributed by atoms with van der Waals surface area (Å²) in [5, 5.41) is 7.20. The molecule has 2 amide bonds. The molecule has 0 fully saturated rings. The highest BCUT2D eigenvalue weighted by Gasteiger charge is 2.19. The van der Waals surface area contributed by atoms with E-state index in [0.29, 0.717) is 29.7 Å². The first kappa shape index (κ1) is 20.2. The molecule has 0 aliphatic heterocycles. The number of hydrogen-bond donors (Lipinski definition) is 1. The number of carbonyl (C=O) groups is 2. The first-order valence-corrected chi connectivity index (χ1v) is 9.41. The SMILES string of the molecule is CCCN(CC(=O)Nc1ccccc1C)C(=O)Cn1cnc2c(cnn2C)c1=O. The van der Waals surface area contributed by atoms with E-state index in [-0.39, 0.29) is 30.5 Å². The normalized spacial score (nSPS) is 10.9. The number of hydrogen-bond acceptors (Lipinski definition) is 5. The first-order chi connectivity index (χ1) is 13.9. The molecule has 9 heteroatoms. The van der Waals surface area contributed by atoms with E-state index >= 15 is 0 Å². The molecule has 0 saturated heterocycles. The van der Waals surface area contributed by atoms with Crippen molar-refractivity contribution in [3.05, 3.63) is 52.7 Å². The third-order valence-electron chi connectivity index (χ3n) is 4.62. The van der Waals surface area contributed by atoms with Gasteiger partial charge in [-0.1, -0.05) is 25.1 Å². The molecular formula is C20H24N6O3. The highest BCUT2D eigenvalue weighted by Crippen LogP contribution is 2.13. The van der Waals surface area contributed by atoms with E-state index in [0.717, 1.165) is 5.56 Å². The minimum Gasteiger partial charge on any atom is -0.332 e. The van der Waals surface area contributed by atoms with Crippen LogP contribution in [0.3, 0.4) is 0 Å². The van der Waals surface area contributed by atoms with Gasteiger partial charge in [0.1, 0.15) is 18.3 Å². The van der Waals surface area contributed by atoms with Crippen molar-refractivity contribution >= 4 is 28.5 Å². The van der Waals surface area contributed by atoms with Crippen LogP contribution in [-0.2, 0) is 23.2 Å². The summed E-state index contributed by atoms with van der Waals surface area (Å²) >= 11 is 0. The summed E-state index contributed by atoms with van der Waals surface area (Å²) in [6, 6.07) is 7.44. The van der Waals surface area contributed by atoms with E-state index in [1.54, 1.807) is 7.05 Å². The number of anilines is 1. The van der Waals surface area contributed by atoms with E-state index in [1.807, 2.05) is 38.1 Å². The Morgan fingerprint density at radius 3 is 2.72 bits per heavy atom. The fraction of sp³-hybridized carbons (Fsp3) is 0.350. The molecule has 9 nitrogen and oxygen atoms in total. The van der Waals surface area contributed by atoms with Crippen molar-refractivity contribution in [2.24, 2.45) is 7.05 Å². The molecule has 0 aliphatic carbocycles. The summed E-state index contributed by atoms with van der Waals surface area (Å²) in [5.74, 6) is -0.604. The number of carbonyl (C=O) groups excluding carboxylic acids is 2. The lowest BCUT2D eigenvalue weighted by atomic mass is 10.2. The maximum atomic E-state index is 12.8. The second kappa shape index (κ2) is 8.68. The second-order valence-corrected chi connectivity index (χ2v) is 6.86. The van der Waals surface area contributed by atoms with Crippen LogP contribution in [0.15, 0.2) is 41.6 Å². The average molecular weight is 396 g/mol. The summed E-state index contributed by atoms with van der Waals surface area (Å²) in [7, 11) is 1.69. The highest BCUT2D eigenvalue weighted by atomic mass is 16.2. The van der Waals surface area contributed by atoms with Crippen molar-refractivity contribution in [2.75, 3.05) is 18.4 Å². The number of aromatic nitrogens is 4. The standard InChI is InChI=1S/C20H24N6O3/c1-4-9-25(11-17(27)23-16-8-6-5-7-14(16)2)18(28)12-26-13-21-19-15(20(26)29)10-22-24(19)3/h5-8,10,13H,4,9,11-12H2,1-3H3,(H,23,27). The summed E-state index contributed by atoms with van der Waals surface area (Å²) < 4.78 is 2.75. The van der Waals surface area contributed by atoms with Gasteiger partial charge in [0, 0.05) is 19.3 Å². The van der Waals surface area contributed by atoms with Gasteiger partial charge in [-0.3, -0.25) is 23.6 Å². The first-order valence-electron chi connectivity index (χ1n) is 9.41. The molecule has 2 aromatic heterocycles. The quantitative estimate of drug-likeness (QED) is 0.649. The van der Waals surface area contributed by atoms with Crippen molar-refractivity contribution in [2.45, 2.75) is 26.8 Å². The van der Waals surface area contributed by atoms with Gasteiger partial charge in [-0.25, -0.2) is 4.98 Å². The number of aryl methyl sites for hydroxylation is 2. The molecule has 0 bridgehead atoms. The van der Waals surface area contributed by atoms with Gasteiger partial charge in [0.15, 0.2) is 5.65 Å². The zero-order chi connectivity index (χ0) is 21.0. The highest BCUT2D eigenvalue weighted by molar-refractivity contribution is 5.95. The minimum atomic E-state index is -0.336. The third-order valence-corrected chi connectivity index (χ3v) is 4.62. The molecular weight excluding hydrogens is 372 g/mol.